The molecule has 0 radical (unpaired) electrons. The van der Waals surface area contributed by atoms with E-state index in [1.807, 2.05) is 25.1 Å². The average molecular weight is 310 g/mol. The van der Waals surface area contributed by atoms with Crippen LogP contribution in [0, 0.1) is 5.82 Å². The van der Waals surface area contributed by atoms with E-state index >= 15 is 0 Å². The van der Waals surface area contributed by atoms with Crippen molar-refractivity contribution in [1.82, 2.24) is 14.8 Å². The van der Waals surface area contributed by atoms with Crippen LogP contribution in [0.15, 0.2) is 54.9 Å². The Morgan fingerprint density at radius 2 is 2.00 bits per heavy atom. The topological polar surface area (TPSA) is 59.8 Å². The molecule has 1 N–H and O–H groups in total. The van der Waals surface area contributed by atoms with E-state index in [0.717, 1.165) is 5.69 Å². The van der Waals surface area contributed by atoms with Crippen LogP contribution in [0.4, 0.5) is 10.1 Å². The SMILES string of the molecule is CCc1c(C(=O)Nc2ccccc2F)cnn1-c1ccccn1. The minimum Gasteiger partial charge on any atom is -0.319 e. The van der Waals surface area contributed by atoms with Gasteiger partial charge in [-0.2, -0.15) is 5.10 Å². The molecule has 0 unspecified atom stereocenters. The zero-order chi connectivity index (χ0) is 16.2. The van der Waals surface area contributed by atoms with E-state index in [1.165, 1.54) is 18.3 Å². The van der Waals surface area contributed by atoms with E-state index in [4.69, 9.17) is 0 Å². The third-order valence-corrected chi connectivity index (χ3v) is 3.44. The number of nitrogens with zero attached hydrogens (tertiary/aromatic N) is 3. The van der Waals surface area contributed by atoms with Crippen molar-refractivity contribution in [3.63, 3.8) is 0 Å². The highest BCUT2D eigenvalue weighted by atomic mass is 19.1. The summed E-state index contributed by atoms with van der Waals surface area (Å²) in [5, 5.41) is 6.82. The summed E-state index contributed by atoms with van der Waals surface area (Å²) in [4.78, 5) is 16.7. The van der Waals surface area contributed by atoms with Gasteiger partial charge in [0.1, 0.15) is 5.82 Å². The van der Waals surface area contributed by atoms with Gasteiger partial charge in [-0.3, -0.25) is 4.79 Å². The number of pyridine rings is 1. The molecule has 0 fully saturated rings. The van der Waals surface area contributed by atoms with Crippen molar-refractivity contribution in [1.29, 1.82) is 0 Å². The minimum absolute atomic E-state index is 0.144. The third-order valence-electron chi connectivity index (χ3n) is 3.44. The van der Waals surface area contributed by atoms with Gasteiger partial charge in [-0.1, -0.05) is 25.1 Å². The summed E-state index contributed by atoms with van der Waals surface area (Å²) in [6.07, 6.45) is 3.73. The predicted octanol–water partition coefficient (Wildman–Crippen LogP) is 3.22. The van der Waals surface area contributed by atoms with Crippen LogP contribution in [0.5, 0.6) is 0 Å². The number of hydrogen-bond donors (Lipinski definition) is 1. The number of hydrogen-bond acceptors (Lipinski definition) is 3. The summed E-state index contributed by atoms with van der Waals surface area (Å²) in [5.41, 5.74) is 1.27. The number of carbonyl (C=O) groups excluding carboxylic acids is 1. The molecule has 3 aromatic rings. The highest BCUT2D eigenvalue weighted by Crippen LogP contribution is 2.18. The van der Waals surface area contributed by atoms with E-state index in [1.54, 1.807) is 23.0 Å². The summed E-state index contributed by atoms with van der Waals surface area (Å²) in [6, 6.07) is 11.5. The molecule has 116 valence electrons. The van der Waals surface area contributed by atoms with Gasteiger partial charge >= 0.3 is 0 Å². The number of anilines is 1. The smallest absolute Gasteiger partial charge is 0.259 e. The van der Waals surface area contributed by atoms with Crippen LogP contribution < -0.4 is 5.32 Å². The van der Waals surface area contributed by atoms with Gasteiger partial charge in [0.25, 0.3) is 5.91 Å². The summed E-state index contributed by atoms with van der Waals surface area (Å²) in [5.74, 6) is -0.237. The van der Waals surface area contributed by atoms with Crippen molar-refractivity contribution in [2.45, 2.75) is 13.3 Å². The van der Waals surface area contributed by atoms with E-state index in [2.05, 4.69) is 15.4 Å². The van der Waals surface area contributed by atoms with Crippen LogP contribution in [0.1, 0.15) is 23.0 Å². The predicted molar refractivity (Wildman–Crippen MR) is 85.1 cm³/mol. The van der Waals surface area contributed by atoms with Crippen molar-refractivity contribution in [3.05, 3.63) is 71.9 Å². The molecule has 5 nitrogen and oxygen atoms in total. The van der Waals surface area contributed by atoms with Gasteiger partial charge in [0.05, 0.1) is 23.1 Å². The van der Waals surface area contributed by atoms with Crippen molar-refractivity contribution < 1.29 is 9.18 Å². The Labute approximate surface area is 132 Å². The van der Waals surface area contributed by atoms with Crippen LogP contribution in [-0.4, -0.2) is 20.7 Å². The molecule has 0 bridgehead atoms. The van der Waals surface area contributed by atoms with Crippen LogP contribution in [-0.2, 0) is 6.42 Å². The molecule has 2 heterocycles. The first-order valence-corrected chi connectivity index (χ1v) is 7.25. The fraction of sp³-hybridized carbons (Fsp3) is 0.118. The van der Waals surface area contributed by atoms with E-state index in [0.29, 0.717) is 17.8 Å². The first kappa shape index (κ1) is 14.9. The number of carbonyl (C=O) groups is 1. The second kappa shape index (κ2) is 6.39. The third kappa shape index (κ3) is 2.96. The van der Waals surface area contributed by atoms with Crippen molar-refractivity contribution in [3.8, 4) is 5.82 Å². The van der Waals surface area contributed by atoms with Crippen LogP contribution in [0.2, 0.25) is 0 Å². The molecule has 6 heteroatoms. The molecule has 0 saturated carbocycles. The Bertz CT molecular complexity index is 830. The van der Waals surface area contributed by atoms with E-state index < -0.39 is 11.7 Å². The Morgan fingerprint density at radius 3 is 2.70 bits per heavy atom. The highest BCUT2D eigenvalue weighted by molar-refractivity contribution is 6.05. The van der Waals surface area contributed by atoms with Crippen LogP contribution >= 0.6 is 0 Å². The Kier molecular flexibility index (Phi) is 4.14. The van der Waals surface area contributed by atoms with Gasteiger partial charge in [0, 0.05) is 6.20 Å². The van der Waals surface area contributed by atoms with Crippen molar-refractivity contribution in [2.75, 3.05) is 5.32 Å². The van der Waals surface area contributed by atoms with Gasteiger partial charge in [-0.05, 0) is 30.7 Å². The van der Waals surface area contributed by atoms with Crippen molar-refractivity contribution in [2.24, 2.45) is 0 Å². The van der Waals surface area contributed by atoms with Crippen LogP contribution in [0.3, 0.4) is 0 Å². The monoisotopic (exact) mass is 310 g/mol. The fourth-order valence-electron chi connectivity index (χ4n) is 2.33. The fourth-order valence-corrected chi connectivity index (χ4v) is 2.33. The molecule has 1 amide bonds. The zero-order valence-corrected chi connectivity index (χ0v) is 12.5. The average Bonchev–Trinajstić information content (AvgIpc) is 3.02. The van der Waals surface area contributed by atoms with Gasteiger partial charge in [0.2, 0.25) is 0 Å². The Balaban J connectivity index is 1.93. The maximum absolute atomic E-state index is 13.7. The molecule has 0 atom stereocenters. The van der Waals surface area contributed by atoms with Gasteiger partial charge in [0.15, 0.2) is 5.82 Å². The lowest BCUT2D eigenvalue weighted by molar-refractivity contribution is 0.102. The molecule has 0 aliphatic rings. The molecule has 2 aromatic heterocycles. The lowest BCUT2D eigenvalue weighted by Gasteiger charge is -2.08. The second-order valence-corrected chi connectivity index (χ2v) is 4.89. The van der Waals surface area contributed by atoms with Gasteiger partial charge in [-0.15, -0.1) is 0 Å². The molecule has 0 saturated heterocycles. The Hall–Kier alpha value is -3.02. The first-order valence-electron chi connectivity index (χ1n) is 7.25. The number of para-hydroxylation sites is 1. The molecular formula is C17H15FN4O. The maximum atomic E-state index is 13.7. The molecular weight excluding hydrogens is 295 g/mol. The quantitative estimate of drug-likeness (QED) is 0.805. The zero-order valence-electron chi connectivity index (χ0n) is 12.5. The molecule has 23 heavy (non-hydrogen) atoms. The number of benzene rings is 1. The van der Waals surface area contributed by atoms with Crippen molar-refractivity contribution >= 4 is 11.6 Å². The number of amides is 1. The lowest BCUT2D eigenvalue weighted by Crippen LogP contribution is -2.15. The van der Waals surface area contributed by atoms with Gasteiger partial charge < -0.3 is 5.32 Å². The van der Waals surface area contributed by atoms with E-state index in [-0.39, 0.29) is 5.69 Å². The lowest BCUT2D eigenvalue weighted by atomic mass is 10.2. The summed E-state index contributed by atoms with van der Waals surface area (Å²) in [7, 11) is 0. The van der Waals surface area contributed by atoms with E-state index in [9.17, 15) is 9.18 Å². The molecule has 0 aliphatic heterocycles. The Morgan fingerprint density at radius 1 is 1.22 bits per heavy atom. The summed E-state index contributed by atoms with van der Waals surface area (Å²) < 4.78 is 15.3. The largest absolute Gasteiger partial charge is 0.319 e. The first-order chi connectivity index (χ1) is 11.2. The maximum Gasteiger partial charge on any atom is 0.259 e. The minimum atomic E-state index is -0.476. The normalized spacial score (nSPS) is 10.5. The second-order valence-electron chi connectivity index (χ2n) is 4.89. The number of nitrogens with one attached hydrogen (secondary N) is 1. The standard InChI is InChI=1S/C17H15FN4O/c1-2-15-12(11-20-22(15)16-9-5-6-10-19-16)17(23)21-14-8-4-3-7-13(14)18/h3-11H,2H2,1H3,(H,21,23). The number of halogens is 1. The molecule has 0 spiro atoms. The summed E-state index contributed by atoms with van der Waals surface area (Å²) in [6.45, 7) is 1.93. The van der Waals surface area contributed by atoms with Gasteiger partial charge in [-0.25, -0.2) is 14.1 Å². The van der Waals surface area contributed by atoms with Crippen LogP contribution in [0.25, 0.3) is 5.82 Å². The number of aromatic nitrogens is 3. The molecule has 1 aromatic carbocycles. The summed E-state index contributed by atoms with van der Waals surface area (Å²) >= 11 is 0. The molecule has 0 aliphatic carbocycles. The number of rotatable bonds is 4. The highest BCUT2D eigenvalue weighted by Gasteiger charge is 2.18. The molecule has 3 rings (SSSR count).